The van der Waals surface area contributed by atoms with Crippen molar-refractivity contribution in [2.24, 2.45) is 5.73 Å². The molecule has 11 heteroatoms. The van der Waals surface area contributed by atoms with Gasteiger partial charge in [-0.1, -0.05) is 32.6 Å². The van der Waals surface area contributed by atoms with Gasteiger partial charge in [-0.05, 0) is 49.0 Å². The molecule has 2 aromatic rings. The van der Waals surface area contributed by atoms with Crippen LogP contribution in [0.15, 0.2) is 36.9 Å². The lowest BCUT2D eigenvalue weighted by Gasteiger charge is -2.33. The second kappa shape index (κ2) is 12.6. The fourth-order valence-corrected chi connectivity index (χ4v) is 3.91. The number of aromatic nitrogens is 3. The van der Waals surface area contributed by atoms with E-state index in [9.17, 15) is 14.4 Å². The van der Waals surface area contributed by atoms with Gasteiger partial charge in [-0.3, -0.25) is 14.4 Å². The zero-order valence-electron chi connectivity index (χ0n) is 20.8. The number of benzene rings is 1. The Labute approximate surface area is 210 Å². The number of anilines is 3. The van der Waals surface area contributed by atoms with Crippen molar-refractivity contribution in [1.82, 2.24) is 25.4 Å². The van der Waals surface area contributed by atoms with Crippen LogP contribution in [0.2, 0.25) is 0 Å². The van der Waals surface area contributed by atoms with E-state index in [1.54, 1.807) is 4.90 Å². The Kier molecular flexibility index (Phi) is 9.32. The number of nitrogens with one attached hydrogen (secondary N) is 3. The fourth-order valence-electron chi connectivity index (χ4n) is 3.91. The Morgan fingerprint density at radius 2 is 1.97 bits per heavy atom. The van der Waals surface area contributed by atoms with Crippen LogP contribution < -0.4 is 21.7 Å². The maximum absolute atomic E-state index is 12.6. The van der Waals surface area contributed by atoms with Gasteiger partial charge >= 0.3 is 0 Å². The van der Waals surface area contributed by atoms with Crippen LogP contribution >= 0.6 is 0 Å². The maximum Gasteiger partial charge on any atom is 0.273 e. The van der Waals surface area contributed by atoms with Gasteiger partial charge in [-0.15, -0.1) is 10.2 Å². The number of carbonyl (C=O) groups is 3. The van der Waals surface area contributed by atoms with Gasteiger partial charge in [0.1, 0.15) is 0 Å². The van der Waals surface area contributed by atoms with Crippen molar-refractivity contribution in [1.29, 1.82) is 0 Å². The first-order valence-electron chi connectivity index (χ1n) is 12.1. The molecule has 2 heterocycles. The third-order valence-electron chi connectivity index (χ3n) is 5.92. The molecule has 1 atom stereocenters. The smallest absolute Gasteiger partial charge is 0.273 e. The number of hydrogen-bond acceptors (Lipinski definition) is 8. The number of primary amides is 1. The molecular formula is C25H34N8O3. The number of nitrogens with two attached hydrogens (primary N) is 1. The molecule has 1 aliphatic rings. The molecule has 36 heavy (non-hydrogen) atoms. The summed E-state index contributed by atoms with van der Waals surface area (Å²) in [5, 5.41) is 17.0. The second-order valence-corrected chi connectivity index (χ2v) is 9.02. The summed E-state index contributed by atoms with van der Waals surface area (Å²) in [6, 6.07) is 7.76. The minimum atomic E-state index is -0.735. The van der Waals surface area contributed by atoms with Gasteiger partial charge in [-0.2, -0.15) is 4.98 Å². The Bertz CT molecular complexity index is 1090. The predicted octanol–water partition coefficient (Wildman–Crippen LogP) is 2.32. The Morgan fingerprint density at radius 1 is 1.22 bits per heavy atom. The van der Waals surface area contributed by atoms with E-state index in [1.807, 2.05) is 24.3 Å². The number of amides is 3. The normalized spacial score (nSPS) is 15.3. The lowest BCUT2D eigenvalue weighted by Crippen LogP contribution is -2.45. The molecule has 1 aromatic carbocycles. The molecule has 3 amide bonds. The third kappa shape index (κ3) is 7.49. The van der Waals surface area contributed by atoms with Crippen molar-refractivity contribution >= 4 is 35.2 Å². The Morgan fingerprint density at radius 3 is 2.64 bits per heavy atom. The SMILES string of the molecule is C=CC(=O)NCCCC(=O)N1CCC[C@H](Nc2nnc(C(N)=O)c(Nc3ccc(C(C)C)cc3)n2)C1. The molecule has 0 bridgehead atoms. The van der Waals surface area contributed by atoms with Crippen molar-refractivity contribution in [2.45, 2.75) is 51.5 Å². The number of nitrogens with zero attached hydrogens (tertiary/aromatic N) is 4. The van der Waals surface area contributed by atoms with Crippen molar-refractivity contribution in [2.75, 3.05) is 30.3 Å². The molecule has 0 aliphatic carbocycles. The molecule has 1 saturated heterocycles. The fraction of sp³-hybridized carbons (Fsp3) is 0.440. The van der Waals surface area contributed by atoms with Crippen LogP contribution in [0, 0.1) is 0 Å². The van der Waals surface area contributed by atoms with Crippen LogP contribution in [0.3, 0.4) is 0 Å². The van der Waals surface area contributed by atoms with Crippen LogP contribution in [0.4, 0.5) is 17.5 Å². The lowest BCUT2D eigenvalue weighted by molar-refractivity contribution is -0.132. The minimum absolute atomic E-state index is 0.0321. The molecule has 1 fully saturated rings. The van der Waals surface area contributed by atoms with E-state index in [0.29, 0.717) is 38.4 Å². The molecule has 1 aromatic heterocycles. The van der Waals surface area contributed by atoms with E-state index in [2.05, 4.69) is 51.6 Å². The average Bonchev–Trinajstić information content (AvgIpc) is 2.86. The first-order valence-corrected chi connectivity index (χ1v) is 12.1. The highest BCUT2D eigenvalue weighted by Gasteiger charge is 2.24. The largest absolute Gasteiger partial charge is 0.364 e. The molecule has 0 spiro atoms. The molecule has 5 N–H and O–H groups in total. The molecule has 192 valence electrons. The van der Waals surface area contributed by atoms with E-state index in [1.165, 1.54) is 11.6 Å². The Balaban J connectivity index is 1.62. The van der Waals surface area contributed by atoms with Crippen molar-refractivity contribution in [3.63, 3.8) is 0 Å². The number of piperidine rings is 1. The van der Waals surface area contributed by atoms with Crippen LogP contribution in [0.1, 0.15) is 61.5 Å². The van der Waals surface area contributed by atoms with Gasteiger partial charge < -0.3 is 26.6 Å². The summed E-state index contributed by atoms with van der Waals surface area (Å²) in [5.74, 6) is -0.0968. The highest BCUT2D eigenvalue weighted by Crippen LogP contribution is 2.22. The van der Waals surface area contributed by atoms with Gasteiger partial charge in [-0.25, -0.2) is 0 Å². The van der Waals surface area contributed by atoms with Crippen molar-refractivity contribution < 1.29 is 14.4 Å². The monoisotopic (exact) mass is 494 g/mol. The van der Waals surface area contributed by atoms with Crippen LogP contribution in [0.25, 0.3) is 0 Å². The summed E-state index contributed by atoms with van der Waals surface area (Å²) in [7, 11) is 0. The number of carbonyl (C=O) groups excluding carboxylic acids is 3. The zero-order valence-corrected chi connectivity index (χ0v) is 20.8. The quantitative estimate of drug-likeness (QED) is 0.274. The van der Waals surface area contributed by atoms with Crippen LogP contribution in [0.5, 0.6) is 0 Å². The molecule has 0 saturated carbocycles. The van der Waals surface area contributed by atoms with E-state index in [0.717, 1.165) is 18.5 Å². The molecule has 3 rings (SSSR count). The van der Waals surface area contributed by atoms with Gasteiger partial charge in [0.05, 0.1) is 0 Å². The average molecular weight is 495 g/mol. The zero-order chi connectivity index (χ0) is 26.1. The lowest BCUT2D eigenvalue weighted by atomic mass is 10.0. The molecular weight excluding hydrogens is 460 g/mol. The number of likely N-dealkylation sites (tertiary alicyclic amines) is 1. The van der Waals surface area contributed by atoms with E-state index >= 15 is 0 Å². The summed E-state index contributed by atoms with van der Waals surface area (Å²) in [6.45, 7) is 9.23. The molecule has 0 unspecified atom stereocenters. The number of hydrogen-bond donors (Lipinski definition) is 4. The maximum atomic E-state index is 12.6. The second-order valence-electron chi connectivity index (χ2n) is 9.02. The summed E-state index contributed by atoms with van der Waals surface area (Å²) in [6.07, 6.45) is 3.77. The van der Waals surface area contributed by atoms with Crippen molar-refractivity contribution in [3.05, 3.63) is 48.2 Å². The highest BCUT2D eigenvalue weighted by atomic mass is 16.2. The van der Waals surface area contributed by atoms with Gasteiger partial charge in [0.2, 0.25) is 17.8 Å². The topological polar surface area (TPSA) is 155 Å². The van der Waals surface area contributed by atoms with Crippen LogP contribution in [-0.4, -0.2) is 63.5 Å². The number of rotatable bonds is 11. The van der Waals surface area contributed by atoms with E-state index in [-0.39, 0.29) is 35.3 Å². The third-order valence-corrected chi connectivity index (χ3v) is 5.92. The molecule has 0 radical (unpaired) electrons. The summed E-state index contributed by atoms with van der Waals surface area (Å²) in [4.78, 5) is 42.0. The first kappa shape index (κ1) is 26.6. The summed E-state index contributed by atoms with van der Waals surface area (Å²) in [5.41, 5.74) is 7.35. The van der Waals surface area contributed by atoms with E-state index in [4.69, 9.17) is 5.73 Å². The van der Waals surface area contributed by atoms with Gasteiger partial charge in [0.25, 0.3) is 5.91 Å². The predicted molar refractivity (Wildman–Crippen MR) is 138 cm³/mol. The van der Waals surface area contributed by atoms with E-state index < -0.39 is 5.91 Å². The molecule has 1 aliphatic heterocycles. The van der Waals surface area contributed by atoms with Crippen LogP contribution in [-0.2, 0) is 9.59 Å². The highest BCUT2D eigenvalue weighted by molar-refractivity contribution is 5.96. The summed E-state index contributed by atoms with van der Waals surface area (Å²) < 4.78 is 0. The minimum Gasteiger partial charge on any atom is -0.364 e. The van der Waals surface area contributed by atoms with Gasteiger partial charge in [0, 0.05) is 37.8 Å². The molecule has 11 nitrogen and oxygen atoms in total. The Hall–Kier alpha value is -4.02. The van der Waals surface area contributed by atoms with Crippen molar-refractivity contribution in [3.8, 4) is 0 Å². The summed E-state index contributed by atoms with van der Waals surface area (Å²) >= 11 is 0. The first-order chi connectivity index (χ1) is 17.3. The standard InChI is InChI=1S/C25H34N8O3/c1-4-20(34)27-13-5-8-21(35)33-14-6-7-19(15-33)29-25-30-24(22(23(26)36)31-32-25)28-18-11-9-17(10-12-18)16(2)3/h4,9-12,16,19H,1,5-8,13-15H2,2-3H3,(H2,26,36)(H,27,34)(H2,28,29,30,32)/t19-/m0/s1. The van der Waals surface area contributed by atoms with Gasteiger partial charge in [0.15, 0.2) is 11.5 Å².